The summed E-state index contributed by atoms with van der Waals surface area (Å²) in [6, 6.07) is 2.09. The average Bonchev–Trinajstić information content (AvgIpc) is 3.37. The minimum Gasteiger partial charge on any atom is -0.402 e. The Morgan fingerprint density at radius 2 is 2.22 bits per heavy atom. The average molecular weight is 368 g/mol. The van der Waals surface area contributed by atoms with E-state index in [9.17, 15) is 10.4 Å². The highest BCUT2D eigenvalue weighted by molar-refractivity contribution is 5.73. The Morgan fingerprint density at radius 1 is 1.48 bits per heavy atom. The molecule has 2 aromatic heterocycles. The number of aliphatic imine (C=N–C) groups is 1. The molecule has 0 saturated heterocycles. The van der Waals surface area contributed by atoms with Crippen LogP contribution in [0, 0.1) is 25.2 Å². The molecule has 1 fully saturated rings. The molecule has 0 radical (unpaired) electrons. The molecule has 1 aliphatic carbocycles. The summed E-state index contributed by atoms with van der Waals surface area (Å²) in [7, 11) is 0. The smallest absolute Gasteiger partial charge is 0.162 e. The molecular weight excluding hydrogens is 344 g/mol. The maximum atomic E-state index is 9.44. The van der Waals surface area contributed by atoms with Crippen molar-refractivity contribution in [2.75, 3.05) is 24.2 Å². The molecule has 9 nitrogen and oxygen atoms in total. The summed E-state index contributed by atoms with van der Waals surface area (Å²) in [6.07, 6.45) is 5.76. The number of nitrogens with two attached hydrogens (primary N) is 2. The van der Waals surface area contributed by atoms with E-state index in [1.165, 1.54) is 4.52 Å². The number of hydrogen-bond acceptors (Lipinski definition) is 8. The number of aliphatic hydroxyl groups excluding tert-OH is 1. The second-order valence-electron chi connectivity index (χ2n) is 6.86. The number of fused-ring (bicyclic) bond motifs is 1. The van der Waals surface area contributed by atoms with Gasteiger partial charge in [0.1, 0.15) is 23.3 Å². The van der Waals surface area contributed by atoms with Crippen LogP contribution in [-0.4, -0.2) is 44.6 Å². The molecule has 0 atom stereocenters. The molecule has 1 saturated carbocycles. The molecule has 2 heterocycles. The number of nitrogens with one attached hydrogen (secondary N) is 1. The number of nitrogens with zero attached hydrogens (tertiary/aromatic N) is 5. The van der Waals surface area contributed by atoms with Gasteiger partial charge < -0.3 is 21.9 Å². The van der Waals surface area contributed by atoms with Crippen molar-refractivity contribution in [3.8, 4) is 6.07 Å². The van der Waals surface area contributed by atoms with Crippen molar-refractivity contribution in [1.82, 2.24) is 14.6 Å². The number of nitrogen functional groups attached to an aromatic ring is 1. The number of nitriles is 1. The van der Waals surface area contributed by atoms with Crippen LogP contribution in [0.25, 0.3) is 5.65 Å². The SMILES string of the molecule is Cc1nn2c(N)c(C#N)c(NCCC(N)=CC=NC3(CO)CC3)nc2c1C. The van der Waals surface area contributed by atoms with Crippen LogP contribution < -0.4 is 16.8 Å². The lowest BCUT2D eigenvalue weighted by atomic mass is 10.2. The van der Waals surface area contributed by atoms with Gasteiger partial charge in [0.25, 0.3) is 0 Å². The molecule has 0 spiro atoms. The van der Waals surface area contributed by atoms with E-state index in [0.717, 1.165) is 24.1 Å². The van der Waals surface area contributed by atoms with Gasteiger partial charge in [-0.15, -0.1) is 0 Å². The summed E-state index contributed by atoms with van der Waals surface area (Å²) in [5.41, 5.74) is 15.1. The van der Waals surface area contributed by atoms with Crippen molar-refractivity contribution in [3.63, 3.8) is 0 Å². The van der Waals surface area contributed by atoms with Crippen molar-refractivity contribution in [1.29, 1.82) is 5.26 Å². The van der Waals surface area contributed by atoms with Crippen LogP contribution in [-0.2, 0) is 0 Å². The Morgan fingerprint density at radius 3 is 2.85 bits per heavy atom. The van der Waals surface area contributed by atoms with E-state index < -0.39 is 0 Å². The highest BCUT2D eigenvalue weighted by Crippen LogP contribution is 2.38. The van der Waals surface area contributed by atoms with Gasteiger partial charge in [0.05, 0.1) is 17.8 Å². The Bertz CT molecular complexity index is 962. The molecule has 0 aliphatic heterocycles. The largest absolute Gasteiger partial charge is 0.402 e. The lowest BCUT2D eigenvalue weighted by molar-refractivity contribution is 0.258. The summed E-state index contributed by atoms with van der Waals surface area (Å²) < 4.78 is 1.49. The van der Waals surface area contributed by atoms with Crippen LogP contribution in [0.3, 0.4) is 0 Å². The van der Waals surface area contributed by atoms with E-state index >= 15 is 0 Å². The fourth-order valence-corrected chi connectivity index (χ4v) is 2.69. The molecule has 27 heavy (non-hydrogen) atoms. The Labute approximate surface area is 157 Å². The van der Waals surface area contributed by atoms with Crippen molar-refractivity contribution in [2.45, 2.75) is 38.6 Å². The van der Waals surface area contributed by atoms with Gasteiger partial charge in [0.2, 0.25) is 0 Å². The first-order valence-electron chi connectivity index (χ1n) is 8.81. The quantitative estimate of drug-likeness (QED) is 0.533. The van der Waals surface area contributed by atoms with Gasteiger partial charge in [-0.05, 0) is 32.8 Å². The number of aryl methyl sites for hydroxylation is 2. The third-order valence-electron chi connectivity index (χ3n) is 4.84. The number of hydrogen-bond donors (Lipinski definition) is 4. The highest BCUT2D eigenvalue weighted by Gasteiger charge is 2.41. The van der Waals surface area contributed by atoms with E-state index in [4.69, 9.17) is 11.5 Å². The molecule has 1 aliphatic rings. The highest BCUT2D eigenvalue weighted by atomic mass is 16.3. The molecule has 142 valence electrons. The van der Waals surface area contributed by atoms with Crippen LogP contribution in [0.4, 0.5) is 11.6 Å². The fraction of sp³-hybridized carbons (Fsp3) is 0.444. The van der Waals surface area contributed by atoms with Crippen LogP contribution in [0.15, 0.2) is 16.8 Å². The molecule has 9 heteroatoms. The standard InChI is InChI=1S/C18H24N8O/c1-11-12(2)25-26-15(21)14(9-19)16(24-17(11)26)22-7-3-13(20)4-8-23-18(10-27)5-6-18/h4,8,27H,3,5-7,10,20-21H2,1-2H3,(H,22,24). The first kappa shape index (κ1) is 18.7. The van der Waals surface area contributed by atoms with Crippen LogP contribution in [0.1, 0.15) is 36.1 Å². The number of anilines is 2. The van der Waals surface area contributed by atoms with Gasteiger partial charge in [0, 0.05) is 30.4 Å². The first-order chi connectivity index (χ1) is 12.9. The summed E-state index contributed by atoms with van der Waals surface area (Å²) in [4.78, 5) is 8.85. The molecular formula is C18H24N8O. The summed E-state index contributed by atoms with van der Waals surface area (Å²) >= 11 is 0. The second-order valence-corrected chi connectivity index (χ2v) is 6.86. The topological polar surface area (TPSA) is 151 Å². The molecule has 0 amide bonds. The predicted octanol–water partition coefficient (Wildman–Crippen LogP) is 1.04. The number of rotatable bonds is 7. The Balaban J connectivity index is 1.69. The summed E-state index contributed by atoms with van der Waals surface area (Å²) in [5.74, 6) is 0.680. The summed E-state index contributed by atoms with van der Waals surface area (Å²) in [5, 5.41) is 26.1. The number of aromatic nitrogens is 3. The lowest BCUT2D eigenvalue weighted by Gasteiger charge is -2.10. The van der Waals surface area contributed by atoms with E-state index in [2.05, 4.69) is 26.5 Å². The molecule has 0 bridgehead atoms. The maximum Gasteiger partial charge on any atom is 0.162 e. The normalized spacial score (nSPS) is 16.0. The van der Waals surface area contributed by atoms with Crippen molar-refractivity contribution >= 4 is 23.5 Å². The third kappa shape index (κ3) is 3.71. The minimum atomic E-state index is -0.283. The number of allylic oxidation sites excluding steroid dienone is 1. The molecule has 0 unspecified atom stereocenters. The van der Waals surface area contributed by atoms with Crippen LogP contribution >= 0.6 is 0 Å². The van der Waals surface area contributed by atoms with Crippen molar-refractivity contribution in [2.24, 2.45) is 10.7 Å². The van der Waals surface area contributed by atoms with Gasteiger partial charge in [-0.1, -0.05) is 0 Å². The van der Waals surface area contributed by atoms with Crippen molar-refractivity contribution < 1.29 is 5.11 Å². The first-order valence-corrected chi connectivity index (χ1v) is 8.81. The minimum absolute atomic E-state index is 0.0682. The van der Waals surface area contributed by atoms with Crippen LogP contribution in [0.2, 0.25) is 0 Å². The Kier molecular flexibility index (Phi) is 5.01. The third-order valence-corrected chi connectivity index (χ3v) is 4.84. The van der Waals surface area contributed by atoms with Crippen molar-refractivity contribution in [3.05, 3.63) is 28.6 Å². The molecule has 2 aromatic rings. The van der Waals surface area contributed by atoms with Gasteiger partial charge in [-0.25, -0.2) is 4.98 Å². The zero-order valence-electron chi connectivity index (χ0n) is 15.5. The zero-order chi connectivity index (χ0) is 19.6. The summed E-state index contributed by atoms with van der Waals surface area (Å²) in [6.45, 7) is 4.35. The van der Waals surface area contributed by atoms with Gasteiger partial charge in [-0.2, -0.15) is 14.9 Å². The lowest BCUT2D eigenvalue weighted by Crippen LogP contribution is -2.13. The number of aliphatic hydroxyl groups is 1. The van der Waals surface area contributed by atoms with Gasteiger partial charge in [0.15, 0.2) is 5.65 Å². The zero-order valence-corrected chi connectivity index (χ0v) is 15.5. The molecule has 6 N–H and O–H groups in total. The van der Waals surface area contributed by atoms with E-state index in [0.29, 0.717) is 30.1 Å². The monoisotopic (exact) mass is 368 g/mol. The maximum absolute atomic E-state index is 9.44. The fourth-order valence-electron chi connectivity index (χ4n) is 2.69. The van der Waals surface area contributed by atoms with E-state index in [1.807, 2.05) is 13.8 Å². The Hall–Kier alpha value is -3.12. The van der Waals surface area contributed by atoms with Gasteiger partial charge in [-0.3, -0.25) is 4.99 Å². The molecule has 3 rings (SSSR count). The van der Waals surface area contributed by atoms with Gasteiger partial charge >= 0.3 is 0 Å². The second kappa shape index (κ2) is 7.25. The van der Waals surface area contributed by atoms with E-state index in [-0.39, 0.29) is 23.5 Å². The van der Waals surface area contributed by atoms with Crippen LogP contribution in [0.5, 0.6) is 0 Å². The molecule has 0 aromatic carbocycles. The predicted molar refractivity (Wildman–Crippen MR) is 105 cm³/mol. The van der Waals surface area contributed by atoms with E-state index in [1.54, 1.807) is 12.3 Å².